The van der Waals surface area contributed by atoms with Crippen LogP contribution in [0, 0.1) is 12.8 Å². The van der Waals surface area contributed by atoms with Gasteiger partial charge in [-0.05, 0) is 13.3 Å². The number of amides is 2. The minimum Gasteiger partial charge on any atom is -0.295 e. The molecular weight excluding hydrogens is 194 g/mol. The molecule has 1 N–H and O–H groups in total. The Morgan fingerprint density at radius 2 is 2.07 bits per heavy atom. The molecule has 5 heteroatoms. The Hall–Kier alpha value is -1.78. The van der Waals surface area contributed by atoms with Crippen molar-refractivity contribution in [3.8, 4) is 0 Å². The van der Waals surface area contributed by atoms with E-state index in [-0.39, 0.29) is 17.7 Å². The number of imide groups is 1. The van der Waals surface area contributed by atoms with Gasteiger partial charge in [0.15, 0.2) is 0 Å². The van der Waals surface area contributed by atoms with Gasteiger partial charge >= 0.3 is 0 Å². The van der Waals surface area contributed by atoms with Crippen molar-refractivity contribution in [2.75, 3.05) is 0 Å². The van der Waals surface area contributed by atoms with Crippen LogP contribution < -0.4 is 5.32 Å². The van der Waals surface area contributed by atoms with Crippen molar-refractivity contribution >= 4 is 11.8 Å². The van der Waals surface area contributed by atoms with E-state index in [1.54, 1.807) is 19.3 Å². The van der Waals surface area contributed by atoms with Crippen molar-refractivity contribution in [1.82, 2.24) is 15.3 Å². The number of hydrogen-bond donors (Lipinski definition) is 1. The van der Waals surface area contributed by atoms with Crippen LogP contribution in [0.4, 0.5) is 0 Å². The highest BCUT2D eigenvalue weighted by atomic mass is 16.2. The topological polar surface area (TPSA) is 72.0 Å². The molecule has 15 heavy (non-hydrogen) atoms. The summed E-state index contributed by atoms with van der Waals surface area (Å²) in [4.78, 5) is 31.1. The third kappa shape index (κ3) is 0.921. The molecule has 76 valence electrons. The van der Waals surface area contributed by atoms with Crippen molar-refractivity contribution in [1.29, 1.82) is 0 Å². The number of carbonyl (C=O) groups is 2. The molecule has 2 amide bonds. The second-order valence-corrected chi connectivity index (χ2v) is 4.07. The van der Waals surface area contributed by atoms with E-state index in [0.29, 0.717) is 12.2 Å². The molecule has 1 aromatic heterocycles. The Balaban J connectivity index is 2.06. The summed E-state index contributed by atoms with van der Waals surface area (Å²) >= 11 is 0. The number of carbonyl (C=O) groups excluding carboxylic acids is 2. The van der Waals surface area contributed by atoms with Crippen molar-refractivity contribution in [3.63, 3.8) is 0 Å². The van der Waals surface area contributed by atoms with Crippen LogP contribution in [0.5, 0.6) is 0 Å². The van der Waals surface area contributed by atoms with Gasteiger partial charge in [0, 0.05) is 18.0 Å². The summed E-state index contributed by atoms with van der Waals surface area (Å²) < 4.78 is 0. The van der Waals surface area contributed by atoms with E-state index >= 15 is 0 Å². The third-order valence-electron chi connectivity index (χ3n) is 3.22. The second-order valence-electron chi connectivity index (χ2n) is 4.07. The largest absolute Gasteiger partial charge is 0.295 e. The van der Waals surface area contributed by atoms with Gasteiger partial charge in [-0.2, -0.15) is 0 Å². The van der Waals surface area contributed by atoms with Gasteiger partial charge in [-0.1, -0.05) is 0 Å². The minimum atomic E-state index is -0.648. The second kappa shape index (κ2) is 2.42. The minimum absolute atomic E-state index is 0.166. The highest BCUT2D eigenvalue weighted by molar-refractivity contribution is 6.14. The maximum absolute atomic E-state index is 11.6. The molecule has 5 nitrogen and oxygen atoms in total. The first kappa shape index (κ1) is 8.52. The lowest BCUT2D eigenvalue weighted by Gasteiger charge is -2.08. The van der Waals surface area contributed by atoms with Gasteiger partial charge in [-0.3, -0.25) is 14.9 Å². The van der Waals surface area contributed by atoms with E-state index in [1.165, 1.54) is 0 Å². The Labute approximate surface area is 85.9 Å². The van der Waals surface area contributed by atoms with Crippen LogP contribution in [0.3, 0.4) is 0 Å². The van der Waals surface area contributed by atoms with Gasteiger partial charge in [0.2, 0.25) is 11.8 Å². The summed E-state index contributed by atoms with van der Waals surface area (Å²) in [7, 11) is 0. The number of rotatable bonds is 1. The quantitative estimate of drug-likeness (QED) is 0.636. The Kier molecular flexibility index (Phi) is 1.37. The Morgan fingerprint density at radius 1 is 1.40 bits per heavy atom. The molecular formula is C10H9N3O2. The van der Waals surface area contributed by atoms with Crippen molar-refractivity contribution < 1.29 is 9.59 Å². The fraction of sp³-hybridized carbons (Fsp3) is 0.400. The van der Waals surface area contributed by atoms with E-state index in [2.05, 4.69) is 15.3 Å². The molecule has 2 heterocycles. The number of fused-ring (bicyclic) bond motifs is 1. The van der Waals surface area contributed by atoms with Crippen LogP contribution in [0.1, 0.15) is 17.8 Å². The van der Waals surface area contributed by atoms with Gasteiger partial charge in [0.1, 0.15) is 5.82 Å². The first-order valence-electron chi connectivity index (χ1n) is 4.79. The van der Waals surface area contributed by atoms with Crippen LogP contribution >= 0.6 is 0 Å². The Morgan fingerprint density at radius 3 is 2.53 bits per heavy atom. The third-order valence-corrected chi connectivity index (χ3v) is 3.22. The predicted molar refractivity (Wildman–Crippen MR) is 49.7 cm³/mol. The molecule has 1 aliphatic heterocycles. The maximum Gasteiger partial charge on any atom is 0.238 e. The summed E-state index contributed by atoms with van der Waals surface area (Å²) in [5, 5.41) is 2.34. The predicted octanol–water partition coefficient (Wildman–Crippen LogP) is -0.301. The average molecular weight is 203 g/mol. The number of nitrogens with one attached hydrogen (secondary N) is 1. The monoisotopic (exact) mass is 203 g/mol. The number of piperidine rings is 1. The molecule has 2 atom stereocenters. The van der Waals surface area contributed by atoms with E-state index in [1.807, 2.05) is 0 Å². The fourth-order valence-electron chi connectivity index (χ4n) is 2.21. The molecule has 1 aliphatic carbocycles. The normalized spacial score (nSPS) is 32.5. The van der Waals surface area contributed by atoms with E-state index in [9.17, 15) is 9.59 Å². The standard InChI is InChI=1S/C10H9N3O2/c1-5-11-3-6(4-12-5)10-2-7(10)8(14)13-9(10)15/h3-4,7H,2H2,1H3,(H,13,14,15)/t7-,10+/m0/s1. The van der Waals surface area contributed by atoms with Crippen LogP contribution in [0.25, 0.3) is 0 Å². The van der Waals surface area contributed by atoms with Gasteiger partial charge in [-0.25, -0.2) is 9.97 Å². The first-order valence-corrected chi connectivity index (χ1v) is 4.79. The van der Waals surface area contributed by atoms with Crippen LogP contribution in [0.2, 0.25) is 0 Å². The number of nitrogens with zero attached hydrogens (tertiary/aromatic N) is 2. The van der Waals surface area contributed by atoms with Crippen molar-refractivity contribution in [2.45, 2.75) is 18.8 Å². The molecule has 1 saturated carbocycles. The van der Waals surface area contributed by atoms with Crippen molar-refractivity contribution in [3.05, 3.63) is 23.8 Å². The smallest absolute Gasteiger partial charge is 0.238 e. The van der Waals surface area contributed by atoms with Crippen LogP contribution in [0.15, 0.2) is 12.4 Å². The molecule has 2 aliphatic rings. The number of aromatic nitrogens is 2. The molecule has 2 fully saturated rings. The molecule has 0 spiro atoms. The van der Waals surface area contributed by atoms with E-state index < -0.39 is 5.41 Å². The molecule has 0 bridgehead atoms. The summed E-state index contributed by atoms with van der Waals surface area (Å²) in [6, 6.07) is 0. The lowest BCUT2D eigenvalue weighted by molar-refractivity contribution is -0.127. The fourth-order valence-corrected chi connectivity index (χ4v) is 2.21. The molecule has 0 aromatic carbocycles. The molecule has 0 radical (unpaired) electrons. The lowest BCUT2D eigenvalue weighted by Crippen LogP contribution is -2.30. The van der Waals surface area contributed by atoms with Gasteiger partial charge < -0.3 is 0 Å². The summed E-state index contributed by atoms with van der Waals surface area (Å²) in [5.41, 5.74) is 0.103. The SMILES string of the molecule is Cc1ncc([C@]23C[C@H]2C(=O)NC3=O)cn1. The zero-order valence-electron chi connectivity index (χ0n) is 8.15. The number of hydrogen-bond acceptors (Lipinski definition) is 4. The highest BCUT2D eigenvalue weighted by Crippen LogP contribution is 2.57. The zero-order valence-corrected chi connectivity index (χ0v) is 8.15. The van der Waals surface area contributed by atoms with Crippen LogP contribution in [-0.4, -0.2) is 21.8 Å². The summed E-state index contributed by atoms with van der Waals surface area (Å²) in [6.07, 6.45) is 3.88. The maximum atomic E-state index is 11.6. The summed E-state index contributed by atoms with van der Waals surface area (Å²) in [6.45, 7) is 1.78. The van der Waals surface area contributed by atoms with Gasteiger partial charge in [0.05, 0.1) is 11.3 Å². The van der Waals surface area contributed by atoms with E-state index in [0.717, 1.165) is 5.56 Å². The summed E-state index contributed by atoms with van der Waals surface area (Å²) in [5.74, 6) is 0.0962. The molecule has 1 saturated heterocycles. The Bertz CT molecular complexity index is 468. The zero-order chi connectivity index (χ0) is 10.6. The average Bonchev–Trinajstić information content (AvgIpc) is 2.90. The lowest BCUT2D eigenvalue weighted by atomic mass is 9.97. The van der Waals surface area contributed by atoms with Gasteiger partial charge in [0.25, 0.3) is 0 Å². The van der Waals surface area contributed by atoms with Crippen LogP contribution in [-0.2, 0) is 15.0 Å². The number of aryl methyl sites for hydroxylation is 1. The molecule has 0 unspecified atom stereocenters. The van der Waals surface area contributed by atoms with E-state index in [4.69, 9.17) is 0 Å². The highest BCUT2D eigenvalue weighted by Gasteiger charge is 2.69. The van der Waals surface area contributed by atoms with Gasteiger partial charge in [-0.15, -0.1) is 0 Å². The molecule has 1 aromatic rings. The first-order chi connectivity index (χ1) is 7.14. The molecule has 3 rings (SSSR count). The van der Waals surface area contributed by atoms with Crippen molar-refractivity contribution in [2.24, 2.45) is 5.92 Å².